The van der Waals surface area contributed by atoms with Crippen LogP contribution in [-0.4, -0.2) is 36.1 Å². The highest BCUT2D eigenvalue weighted by atomic mass is 16.6. The number of benzene rings is 2. The Hall–Kier alpha value is -2.35. The third-order valence-corrected chi connectivity index (χ3v) is 2.99. The van der Waals surface area contributed by atoms with Gasteiger partial charge in [0, 0.05) is 6.42 Å². The Kier molecular flexibility index (Phi) is 6.62. The molecule has 0 heterocycles. The molecule has 2 rings (SSSR count). The average molecular weight is 315 g/mol. The summed E-state index contributed by atoms with van der Waals surface area (Å²) >= 11 is 0. The molecular weight excluding hydrogens is 297 g/mol. The van der Waals surface area contributed by atoms with Crippen molar-refractivity contribution in [1.82, 2.24) is 5.32 Å². The van der Waals surface area contributed by atoms with E-state index in [1.165, 1.54) is 0 Å². The van der Waals surface area contributed by atoms with E-state index in [0.717, 1.165) is 5.56 Å². The van der Waals surface area contributed by atoms with Crippen LogP contribution in [0.2, 0.25) is 0 Å². The summed E-state index contributed by atoms with van der Waals surface area (Å²) in [6, 6.07) is 18.2. The molecule has 0 aromatic heterocycles. The molecule has 0 radical (unpaired) electrons. The predicted molar refractivity (Wildman–Crippen MR) is 85.3 cm³/mol. The Labute approximate surface area is 134 Å². The summed E-state index contributed by atoms with van der Waals surface area (Å²) in [5.74, 6) is 0.154. The second-order valence-corrected chi connectivity index (χ2v) is 4.81. The average Bonchev–Trinajstić information content (AvgIpc) is 2.54. The normalized spacial score (nSPS) is 11.6. The van der Waals surface area contributed by atoms with Gasteiger partial charge >= 0.3 is 7.32 Å². The first-order valence-corrected chi connectivity index (χ1v) is 7.16. The topological polar surface area (TPSA) is 88.0 Å². The summed E-state index contributed by atoms with van der Waals surface area (Å²) in [6.07, 6.45) is -0.570. The van der Waals surface area contributed by atoms with E-state index in [4.69, 9.17) is 19.4 Å². The minimum Gasteiger partial charge on any atom is -0.484 e. The van der Waals surface area contributed by atoms with Crippen molar-refractivity contribution in [2.24, 2.45) is 0 Å². The van der Waals surface area contributed by atoms with Crippen molar-refractivity contribution < 1.29 is 24.2 Å². The summed E-state index contributed by atoms with van der Waals surface area (Å²) in [5, 5.41) is 20.5. The number of hydrogen-bond acceptors (Lipinski definition) is 5. The number of ether oxygens (including phenoxy) is 1. The summed E-state index contributed by atoms with van der Waals surface area (Å²) < 4.78 is 10.2. The Bertz CT molecular complexity index is 594. The maximum Gasteiger partial charge on any atom is 0.635 e. The molecule has 0 fully saturated rings. The minimum absolute atomic E-state index is 0.194. The van der Waals surface area contributed by atoms with Crippen LogP contribution in [0.4, 0.5) is 0 Å². The van der Waals surface area contributed by atoms with Gasteiger partial charge in [0.1, 0.15) is 12.0 Å². The molecule has 0 aliphatic carbocycles. The number of carbonyl (C=O) groups is 1. The second kappa shape index (κ2) is 8.94. The van der Waals surface area contributed by atoms with Crippen molar-refractivity contribution >= 4 is 13.2 Å². The Balaban J connectivity index is 1.87. The lowest BCUT2D eigenvalue weighted by atomic mass is 10.1. The number of amides is 1. The third-order valence-electron chi connectivity index (χ3n) is 2.99. The van der Waals surface area contributed by atoms with E-state index in [-0.39, 0.29) is 6.61 Å². The number of nitrogens with one attached hydrogen (secondary N) is 1. The standard InChI is InChI=1S/C16H18BNO5/c19-15(12-22-14-9-5-2-6-10-14)18-16(23-17(20)21)11-13-7-3-1-4-8-13/h1-10,16,20-21H,11-12H2,(H,18,19)/t16-/m1/s1. The van der Waals surface area contributed by atoms with Gasteiger partial charge in [-0.2, -0.15) is 0 Å². The lowest BCUT2D eigenvalue weighted by Gasteiger charge is -2.19. The van der Waals surface area contributed by atoms with Gasteiger partial charge in [-0.1, -0.05) is 48.5 Å². The molecule has 120 valence electrons. The Morgan fingerprint density at radius 1 is 1.04 bits per heavy atom. The van der Waals surface area contributed by atoms with Crippen LogP contribution in [0, 0.1) is 0 Å². The summed E-state index contributed by atoms with van der Waals surface area (Å²) in [5.41, 5.74) is 0.891. The number of para-hydroxylation sites is 1. The zero-order valence-corrected chi connectivity index (χ0v) is 12.5. The monoisotopic (exact) mass is 315 g/mol. The first-order chi connectivity index (χ1) is 11.1. The van der Waals surface area contributed by atoms with Crippen LogP contribution < -0.4 is 10.1 Å². The van der Waals surface area contributed by atoms with Gasteiger partial charge in [0.25, 0.3) is 5.91 Å². The molecule has 0 saturated heterocycles. The van der Waals surface area contributed by atoms with Gasteiger partial charge in [-0.25, -0.2) is 0 Å². The fraction of sp³-hybridized carbons (Fsp3) is 0.188. The van der Waals surface area contributed by atoms with Crippen molar-refractivity contribution in [2.45, 2.75) is 12.6 Å². The lowest BCUT2D eigenvalue weighted by molar-refractivity contribution is -0.126. The van der Waals surface area contributed by atoms with Crippen LogP contribution in [-0.2, 0) is 15.9 Å². The van der Waals surface area contributed by atoms with Gasteiger partial charge in [-0.15, -0.1) is 0 Å². The molecule has 0 bridgehead atoms. The molecule has 0 unspecified atom stereocenters. The number of carbonyl (C=O) groups excluding carboxylic acids is 1. The fourth-order valence-corrected chi connectivity index (χ4v) is 2.00. The lowest BCUT2D eigenvalue weighted by Crippen LogP contribution is -2.44. The van der Waals surface area contributed by atoms with Crippen LogP contribution in [0.1, 0.15) is 5.56 Å². The predicted octanol–water partition coefficient (Wildman–Crippen LogP) is 0.736. The van der Waals surface area contributed by atoms with Crippen LogP contribution >= 0.6 is 0 Å². The molecule has 0 aliphatic rings. The first kappa shape index (κ1) is 17.0. The first-order valence-electron chi connectivity index (χ1n) is 7.16. The van der Waals surface area contributed by atoms with Crippen molar-refractivity contribution in [2.75, 3.05) is 6.61 Å². The van der Waals surface area contributed by atoms with E-state index in [0.29, 0.717) is 12.2 Å². The number of hydrogen-bond donors (Lipinski definition) is 3. The van der Waals surface area contributed by atoms with Gasteiger partial charge in [0.05, 0.1) is 0 Å². The quantitative estimate of drug-likeness (QED) is 0.494. The molecule has 0 spiro atoms. The molecule has 23 heavy (non-hydrogen) atoms. The van der Waals surface area contributed by atoms with E-state index >= 15 is 0 Å². The van der Waals surface area contributed by atoms with E-state index in [1.807, 2.05) is 36.4 Å². The second-order valence-electron chi connectivity index (χ2n) is 4.81. The molecule has 7 heteroatoms. The maximum atomic E-state index is 11.9. The van der Waals surface area contributed by atoms with Gasteiger partial charge in [0.15, 0.2) is 6.61 Å². The van der Waals surface area contributed by atoms with Gasteiger partial charge in [-0.05, 0) is 17.7 Å². The molecule has 2 aromatic rings. The van der Waals surface area contributed by atoms with Crippen molar-refractivity contribution in [3.8, 4) is 5.75 Å². The SMILES string of the molecule is O=C(COc1ccccc1)N[C@@H](Cc1ccccc1)OB(O)O. The summed E-state index contributed by atoms with van der Waals surface area (Å²) in [4.78, 5) is 11.9. The van der Waals surface area contributed by atoms with Crippen molar-refractivity contribution in [3.05, 3.63) is 66.2 Å². The maximum absolute atomic E-state index is 11.9. The zero-order valence-electron chi connectivity index (χ0n) is 12.5. The van der Waals surface area contributed by atoms with E-state index in [9.17, 15) is 4.79 Å². The number of rotatable bonds is 8. The molecule has 6 nitrogen and oxygen atoms in total. The molecule has 1 amide bonds. The van der Waals surface area contributed by atoms with Gasteiger partial charge < -0.3 is 24.8 Å². The minimum atomic E-state index is -1.97. The summed E-state index contributed by atoms with van der Waals surface area (Å²) in [6.45, 7) is -0.194. The molecule has 2 aromatic carbocycles. The molecule has 0 aliphatic heterocycles. The summed E-state index contributed by atoms with van der Waals surface area (Å²) in [7, 11) is -1.97. The van der Waals surface area contributed by atoms with Crippen LogP contribution in [0.25, 0.3) is 0 Å². The molecule has 1 atom stereocenters. The fourth-order valence-electron chi connectivity index (χ4n) is 2.00. The highest BCUT2D eigenvalue weighted by Crippen LogP contribution is 2.08. The van der Waals surface area contributed by atoms with Crippen molar-refractivity contribution in [1.29, 1.82) is 0 Å². The Morgan fingerprint density at radius 2 is 1.65 bits per heavy atom. The van der Waals surface area contributed by atoms with Crippen molar-refractivity contribution in [3.63, 3.8) is 0 Å². The van der Waals surface area contributed by atoms with Gasteiger partial charge in [0.2, 0.25) is 0 Å². The van der Waals surface area contributed by atoms with Crippen LogP contribution in [0.5, 0.6) is 5.75 Å². The molecule has 0 saturated carbocycles. The van der Waals surface area contributed by atoms with E-state index in [1.54, 1.807) is 24.3 Å². The smallest absolute Gasteiger partial charge is 0.484 e. The van der Waals surface area contributed by atoms with Crippen LogP contribution in [0.15, 0.2) is 60.7 Å². The van der Waals surface area contributed by atoms with E-state index in [2.05, 4.69) is 5.32 Å². The zero-order chi connectivity index (χ0) is 16.5. The van der Waals surface area contributed by atoms with E-state index < -0.39 is 19.5 Å². The largest absolute Gasteiger partial charge is 0.635 e. The molecule has 3 N–H and O–H groups in total. The Morgan fingerprint density at radius 3 is 2.26 bits per heavy atom. The molecular formula is C16H18BNO5. The van der Waals surface area contributed by atoms with Gasteiger partial charge in [-0.3, -0.25) is 4.79 Å². The highest BCUT2D eigenvalue weighted by molar-refractivity contribution is 6.32. The third kappa shape index (κ3) is 6.52. The van der Waals surface area contributed by atoms with Crippen LogP contribution in [0.3, 0.4) is 0 Å². The highest BCUT2D eigenvalue weighted by Gasteiger charge is 2.20.